The number of pyridine rings is 1. The number of benzene rings is 2. The minimum Gasteiger partial charge on any atom is -0.373 e. The fourth-order valence-electron chi connectivity index (χ4n) is 7.16. The molecule has 0 spiro atoms. The normalized spacial score (nSPS) is 21.0. The first-order valence-corrected chi connectivity index (χ1v) is 17.0. The van der Waals surface area contributed by atoms with Gasteiger partial charge in [0.25, 0.3) is 0 Å². The molecule has 2 aliphatic carbocycles. The molecule has 1 unspecified atom stereocenters. The number of ether oxygens (including phenoxy) is 1. The van der Waals surface area contributed by atoms with Crippen LogP contribution in [0.2, 0.25) is 0 Å². The number of rotatable bonds is 11. The smallest absolute Gasteiger partial charge is 0.135 e. The van der Waals surface area contributed by atoms with Crippen molar-refractivity contribution in [3.8, 4) is 11.1 Å². The summed E-state index contributed by atoms with van der Waals surface area (Å²) in [5, 5.41) is 3.29. The Morgan fingerprint density at radius 2 is 1.64 bits per heavy atom. The van der Waals surface area contributed by atoms with Crippen molar-refractivity contribution in [1.29, 1.82) is 0 Å². The van der Waals surface area contributed by atoms with E-state index in [4.69, 9.17) is 9.72 Å². The monoisotopic (exact) mass is 605 g/mol. The van der Waals surface area contributed by atoms with Crippen LogP contribution in [0.5, 0.6) is 0 Å². The van der Waals surface area contributed by atoms with Gasteiger partial charge in [0.2, 0.25) is 0 Å². The van der Waals surface area contributed by atoms with E-state index < -0.39 is 0 Å². The molecule has 1 aromatic heterocycles. The van der Waals surface area contributed by atoms with Crippen molar-refractivity contribution in [2.24, 2.45) is 0 Å². The van der Waals surface area contributed by atoms with Crippen LogP contribution in [0.3, 0.4) is 0 Å². The number of hydrogen-bond donors (Lipinski definition) is 1. The Morgan fingerprint density at radius 3 is 2.31 bits per heavy atom. The molecule has 1 N–H and O–H groups in total. The van der Waals surface area contributed by atoms with Crippen molar-refractivity contribution in [3.05, 3.63) is 95.7 Å². The van der Waals surface area contributed by atoms with Gasteiger partial charge < -0.3 is 19.9 Å². The summed E-state index contributed by atoms with van der Waals surface area (Å²) in [4.78, 5) is 12.1. The molecule has 2 heterocycles. The van der Waals surface area contributed by atoms with Gasteiger partial charge in [0.15, 0.2) is 0 Å². The summed E-state index contributed by atoms with van der Waals surface area (Å²) < 4.78 is 6.59. The number of piperazine rings is 1. The summed E-state index contributed by atoms with van der Waals surface area (Å²) in [6, 6.07) is 20.6. The Kier molecular flexibility index (Phi) is 10.3. The van der Waals surface area contributed by atoms with Crippen molar-refractivity contribution < 1.29 is 4.74 Å². The predicted molar refractivity (Wildman–Crippen MR) is 188 cm³/mol. The summed E-state index contributed by atoms with van der Waals surface area (Å²) in [5.74, 6) is 0.882. The van der Waals surface area contributed by atoms with Gasteiger partial charge in [-0.25, -0.2) is 4.98 Å². The predicted octanol–water partition coefficient (Wildman–Crippen LogP) is 7.54. The van der Waals surface area contributed by atoms with E-state index in [1.54, 1.807) is 0 Å². The highest BCUT2D eigenvalue weighted by Crippen LogP contribution is 2.35. The van der Waals surface area contributed by atoms with E-state index in [9.17, 15) is 0 Å². The van der Waals surface area contributed by atoms with Gasteiger partial charge in [-0.3, -0.25) is 4.90 Å². The quantitative estimate of drug-likeness (QED) is 0.244. The molecular formula is C39H51N5O. The van der Waals surface area contributed by atoms with Crippen LogP contribution in [0.25, 0.3) is 22.4 Å². The van der Waals surface area contributed by atoms with E-state index in [2.05, 4.69) is 101 Å². The molecule has 3 aromatic rings. The highest BCUT2D eigenvalue weighted by atomic mass is 16.5. The fourth-order valence-corrected chi connectivity index (χ4v) is 7.16. The highest BCUT2D eigenvalue weighted by molar-refractivity contribution is 5.76. The first-order valence-electron chi connectivity index (χ1n) is 17.0. The maximum absolute atomic E-state index is 6.59. The molecule has 6 rings (SSSR count). The Labute approximate surface area is 270 Å². The lowest BCUT2D eigenvalue weighted by Crippen LogP contribution is -2.43. The van der Waals surface area contributed by atoms with Gasteiger partial charge >= 0.3 is 0 Å². The van der Waals surface area contributed by atoms with E-state index in [0.717, 1.165) is 75.5 Å². The number of anilines is 1. The zero-order valence-electron chi connectivity index (χ0n) is 27.6. The molecule has 2 atom stereocenters. The largest absolute Gasteiger partial charge is 0.373 e. The minimum atomic E-state index is 0.175. The molecule has 6 nitrogen and oxygen atoms in total. The van der Waals surface area contributed by atoms with Crippen molar-refractivity contribution >= 4 is 17.1 Å². The summed E-state index contributed by atoms with van der Waals surface area (Å²) >= 11 is 0. The number of likely N-dealkylation sites (N-methyl/N-ethyl adjacent to an activating group) is 2. The lowest BCUT2D eigenvalue weighted by molar-refractivity contribution is 0.0107. The van der Waals surface area contributed by atoms with E-state index in [-0.39, 0.29) is 6.10 Å². The van der Waals surface area contributed by atoms with Gasteiger partial charge in [0, 0.05) is 64.3 Å². The molecule has 1 saturated carbocycles. The molecule has 3 aliphatic rings. The number of nitrogens with zero attached hydrogens (tertiary/aromatic N) is 4. The first kappa shape index (κ1) is 31.5. The lowest BCUT2D eigenvalue weighted by Gasteiger charge is -2.33. The topological polar surface area (TPSA) is 43.9 Å². The summed E-state index contributed by atoms with van der Waals surface area (Å²) in [5.41, 5.74) is 9.84. The standard InChI is InChI=1S/C39H51N5O/c1-29(36-25-35(26-41-39(36)40-2)32-9-6-5-7-10-32)43(4)37-11-8-12-38(37)45-28-31-15-19-34(20-16-31)33-17-13-30(14-18-33)27-44-23-21-42(3)22-24-44/h9,13-20,25-26,37-38H,1,5-8,10-12,21-24,27-28H2,2-4H3,(H,40,41)/t37-,38?/m0/s1. The highest BCUT2D eigenvalue weighted by Gasteiger charge is 2.33. The maximum Gasteiger partial charge on any atom is 0.135 e. The fraction of sp³-hybridized carbons (Fsp3) is 0.462. The van der Waals surface area contributed by atoms with Crippen LogP contribution in [0, 0.1) is 0 Å². The summed E-state index contributed by atoms with van der Waals surface area (Å²) in [6.07, 6.45) is 12.7. The van der Waals surface area contributed by atoms with Crippen molar-refractivity contribution in [2.75, 3.05) is 52.6 Å². The van der Waals surface area contributed by atoms with Crippen LogP contribution >= 0.6 is 0 Å². The van der Waals surface area contributed by atoms with Crippen molar-refractivity contribution in [3.63, 3.8) is 0 Å². The Morgan fingerprint density at radius 1 is 0.933 bits per heavy atom. The third kappa shape index (κ3) is 7.69. The number of aromatic nitrogens is 1. The van der Waals surface area contributed by atoms with Gasteiger partial charge in [0.05, 0.1) is 18.8 Å². The molecule has 1 aliphatic heterocycles. The van der Waals surface area contributed by atoms with Gasteiger partial charge in [-0.15, -0.1) is 0 Å². The average molecular weight is 606 g/mol. The Bertz CT molecular complexity index is 1460. The first-order chi connectivity index (χ1) is 22.0. The van der Waals surface area contributed by atoms with Gasteiger partial charge in [-0.05, 0) is 91.5 Å². The van der Waals surface area contributed by atoms with Crippen LogP contribution < -0.4 is 5.32 Å². The third-order valence-corrected chi connectivity index (χ3v) is 10.1. The van der Waals surface area contributed by atoms with Gasteiger partial charge in [-0.2, -0.15) is 0 Å². The molecule has 2 aromatic carbocycles. The molecule has 0 radical (unpaired) electrons. The zero-order valence-corrected chi connectivity index (χ0v) is 27.6. The van der Waals surface area contributed by atoms with E-state index in [1.165, 1.54) is 52.7 Å². The number of hydrogen-bond acceptors (Lipinski definition) is 6. The maximum atomic E-state index is 6.59. The van der Waals surface area contributed by atoms with E-state index >= 15 is 0 Å². The molecule has 1 saturated heterocycles. The van der Waals surface area contributed by atoms with Crippen LogP contribution in [0.1, 0.15) is 67.2 Å². The Hall–Kier alpha value is -3.45. The lowest BCUT2D eigenvalue weighted by atomic mass is 9.93. The number of nitrogens with one attached hydrogen (secondary N) is 1. The van der Waals surface area contributed by atoms with Crippen LogP contribution in [0.15, 0.2) is 73.4 Å². The van der Waals surface area contributed by atoms with Crippen LogP contribution in [-0.2, 0) is 17.9 Å². The van der Waals surface area contributed by atoms with Gasteiger partial charge in [0.1, 0.15) is 5.82 Å². The SMILES string of the molecule is C=C(c1cc(C2=CCCCC2)cnc1NC)N(C)[C@H]1CCCC1OCc1ccc(-c2ccc(CN3CCN(C)CC3)cc2)cc1. The number of allylic oxidation sites excluding steroid dienone is 2. The molecular weight excluding hydrogens is 554 g/mol. The molecule has 6 heteroatoms. The van der Waals surface area contributed by atoms with Gasteiger partial charge in [-0.1, -0.05) is 61.2 Å². The second kappa shape index (κ2) is 14.8. The van der Waals surface area contributed by atoms with E-state index in [1.807, 2.05) is 13.2 Å². The van der Waals surface area contributed by atoms with Crippen LogP contribution in [-0.4, -0.2) is 79.2 Å². The summed E-state index contributed by atoms with van der Waals surface area (Å²) in [6.45, 7) is 10.8. The zero-order chi connectivity index (χ0) is 31.2. The van der Waals surface area contributed by atoms with Crippen molar-refractivity contribution in [1.82, 2.24) is 19.7 Å². The molecule has 45 heavy (non-hydrogen) atoms. The molecule has 2 fully saturated rings. The molecule has 0 bridgehead atoms. The second-order valence-corrected chi connectivity index (χ2v) is 13.2. The Balaban J connectivity index is 1.05. The third-order valence-electron chi connectivity index (χ3n) is 10.1. The van der Waals surface area contributed by atoms with Crippen molar-refractivity contribution in [2.45, 2.75) is 70.2 Å². The van der Waals surface area contributed by atoms with Crippen LogP contribution in [0.4, 0.5) is 5.82 Å². The molecule has 0 amide bonds. The summed E-state index contributed by atoms with van der Waals surface area (Å²) in [7, 11) is 6.32. The average Bonchev–Trinajstić information content (AvgIpc) is 3.57. The molecule has 238 valence electrons. The van der Waals surface area contributed by atoms with E-state index in [0.29, 0.717) is 12.6 Å². The second-order valence-electron chi connectivity index (χ2n) is 13.2. The minimum absolute atomic E-state index is 0.175.